The van der Waals surface area contributed by atoms with E-state index in [1.807, 2.05) is 22.9 Å². The van der Waals surface area contributed by atoms with Crippen molar-refractivity contribution in [3.8, 4) is 0 Å². The summed E-state index contributed by atoms with van der Waals surface area (Å²) in [5, 5.41) is 7.23. The Morgan fingerprint density at radius 2 is 2.15 bits per heavy atom. The van der Waals surface area contributed by atoms with E-state index in [0.717, 1.165) is 44.3 Å². The van der Waals surface area contributed by atoms with Crippen LogP contribution in [0.4, 0.5) is 5.82 Å². The monoisotopic (exact) mass is 268 g/mol. The maximum Gasteiger partial charge on any atom is 0.275 e. The topological polar surface area (TPSA) is 59.8 Å². The molecule has 0 unspecified atom stereocenters. The third-order valence-corrected chi connectivity index (χ3v) is 4.07. The predicted octanol–water partition coefficient (Wildman–Crippen LogP) is 1.97. The Bertz CT molecular complexity index is 668. The molecule has 4 rings (SSSR count). The number of pyridine rings is 1. The molecule has 1 N–H and O–H groups in total. The molecule has 5 heteroatoms. The first-order chi connectivity index (χ1) is 9.79. The van der Waals surface area contributed by atoms with Gasteiger partial charge in [0.2, 0.25) is 0 Å². The van der Waals surface area contributed by atoms with Crippen molar-refractivity contribution < 1.29 is 4.79 Å². The van der Waals surface area contributed by atoms with Crippen LogP contribution in [0.5, 0.6) is 0 Å². The van der Waals surface area contributed by atoms with E-state index in [9.17, 15) is 4.79 Å². The molecule has 20 heavy (non-hydrogen) atoms. The molecule has 1 amide bonds. The molecule has 3 heterocycles. The van der Waals surface area contributed by atoms with Gasteiger partial charge in [0.25, 0.3) is 5.91 Å². The predicted molar refractivity (Wildman–Crippen MR) is 74.8 cm³/mol. The summed E-state index contributed by atoms with van der Waals surface area (Å²) >= 11 is 0. The van der Waals surface area contributed by atoms with Gasteiger partial charge in [-0.15, -0.1) is 0 Å². The van der Waals surface area contributed by atoms with E-state index < -0.39 is 0 Å². The van der Waals surface area contributed by atoms with Gasteiger partial charge in [0.15, 0.2) is 5.82 Å². The Kier molecular flexibility index (Phi) is 2.58. The lowest BCUT2D eigenvalue weighted by Crippen LogP contribution is -2.15. The summed E-state index contributed by atoms with van der Waals surface area (Å²) in [5.74, 6) is 0.462. The summed E-state index contributed by atoms with van der Waals surface area (Å²) < 4.78 is 1.96. The van der Waals surface area contributed by atoms with Crippen molar-refractivity contribution in [1.82, 2.24) is 14.8 Å². The van der Waals surface area contributed by atoms with E-state index in [2.05, 4.69) is 15.4 Å². The van der Waals surface area contributed by atoms with Gasteiger partial charge >= 0.3 is 0 Å². The number of nitrogens with one attached hydrogen (secondary N) is 1. The minimum absolute atomic E-state index is 0.170. The maximum absolute atomic E-state index is 12.2. The summed E-state index contributed by atoms with van der Waals surface area (Å²) in [6.07, 6.45) is 5.39. The summed E-state index contributed by atoms with van der Waals surface area (Å²) in [4.78, 5) is 16.7. The molecule has 0 saturated carbocycles. The van der Waals surface area contributed by atoms with Gasteiger partial charge in [0, 0.05) is 24.0 Å². The summed E-state index contributed by atoms with van der Waals surface area (Å²) in [5.41, 5.74) is 4.04. The normalized spacial score (nSPS) is 16.0. The van der Waals surface area contributed by atoms with Gasteiger partial charge in [-0.1, -0.05) is 6.07 Å². The van der Waals surface area contributed by atoms with Crippen LogP contribution < -0.4 is 5.32 Å². The smallest absolute Gasteiger partial charge is 0.275 e. The number of rotatable bonds is 2. The van der Waals surface area contributed by atoms with Crippen molar-refractivity contribution >= 4 is 11.7 Å². The second-order valence-electron chi connectivity index (χ2n) is 5.46. The van der Waals surface area contributed by atoms with Crippen molar-refractivity contribution in [3.05, 3.63) is 40.8 Å². The fraction of sp³-hybridized carbons (Fsp3) is 0.400. The van der Waals surface area contributed by atoms with Crippen LogP contribution in [-0.4, -0.2) is 20.7 Å². The van der Waals surface area contributed by atoms with Crippen LogP contribution in [0.15, 0.2) is 18.2 Å². The molecule has 1 aliphatic carbocycles. The highest BCUT2D eigenvalue weighted by Crippen LogP contribution is 2.21. The Hall–Kier alpha value is -2.17. The number of hydrogen-bond acceptors (Lipinski definition) is 3. The minimum Gasteiger partial charge on any atom is -0.304 e. The number of hydrogen-bond donors (Lipinski definition) is 1. The average Bonchev–Trinajstić information content (AvgIpc) is 3.11. The number of nitrogens with zero attached hydrogens (tertiary/aromatic N) is 3. The van der Waals surface area contributed by atoms with Crippen LogP contribution in [0.2, 0.25) is 0 Å². The second kappa shape index (κ2) is 4.44. The molecule has 2 aliphatic rings. The highest BCUT2D eigenvalue weighted by molar-refractivity contribution is 6.02. The fourth-order valence-electron chi connectivity index (χ4n) is 3.05. The van der Waals surface area contributed by atoms with Gasteiger partial charge in [-0.25, -0.2) is 4.98 Å². The minimum atomic E-state index is -0.170. The molecule has 102 valence electrons. The van der Waals surface area contributed by atoms with E-state index in [0.29, 0.717) is 11.5 Å². The summed E-state index contributed by atoms with van der Waals surface area (Å²) in [7, 11) is 0. The highest BCUT2D eigenvalue weighted by Gasteiger charge is 2.18. The van der Waals surface area contributed by atoms with Crippen LogP contribution in [-0.2, 0) is 25.8 Å². The fourth-order valence-corrected chi connectivity index (χ4v) is 3.05. The zero-order valence-corrected chi connectivity index (χ0v) is 11.2. The van der Waals surface area contributed by atoms with Crippen molar-refractivity contribution in [3.63, 3.8) is 0 Å². The number of carbonyl (C=O) groups is 1. The Labute approximate surface area is 117 Å². The van der Waals surface area contributed by atoms with Crippen molar-refractivity contribution in [2.45, 2.75) is 38.6 Å². The molecule has 1 aliphatic heterocycles. The van der Waals surface area contributed by atoms with E-state index >= 15 is 0 Å². The van der Waals surface area contributed by atoms with Gasteiger partial charge < -0.3 is 5.32 Å². The van der Waals surface area contributed by atoms with Gasteiger partial charge in [0.1, 0.15) is 5.69 Å². The van der Waals surface area contributed by atoms with E-state index in [1.54, 1.807) is 0 Å². The van der Waals surface area contributed by atoms with Crippen LogP contribution >= 0.6 is 0 Å². The lowest BCUT2D eigenvalue weighted by molar-refractivity contribution is 0.102. The number of fused-ring (bicyclic) bond motifs is 2. The molecule has 0 aromatic carbocycles. The summed E-state index contributed by atoms with van der Waals surface area (Å²) in [6, 6.07) is 5.79. The number of anilines is 1. The van der Waals surface area contributed by atoms with Gasteiger partial charge in [-0.2, -0.15) is 5.10 Å². The Morgan fingerprint density at radius 1 is 1.20 bits per heavy atom. The highest BCUT2D eigenvalue weighted by atomic mass is 16.2. The van der Waals surface area contributed by atoms with Crippen molar-refractivity contribution in [2.75, 3.05) is 5.32 Å². The standard InChI is InChI=1S/C15H16N4O/c20-15(13-7-6-10-3-1-5-12(10)16-13)17-14-9-11-4-2-8-19(11)18-14/h6-7,9H,1-5,8H2,(H,17,18,20). The van der Waals surface area contributed by atoms with Crippen molar-refractivity contribution in [2.24, 2.45) is 0 Å². The molecule has 0 bridgehead atoms. The number of aromatic nitrogens is 3. The molecule has 0 atom stereocenters. The number of aryl methyl sites for hydroxylation is 4. The van der Waals surface area contributed by atoms with Crippen LogP contribution in [0.25, 0.3) is 0 Å². The van der Waals surface area contributed by atoms with Crippen molar-refractivity contribution in [1.29, 1.82) is 0 Å². The lowest BCUT2D eigenvalue weighted by atomic mass is 10.2. The zero-order chi connectivity index (χ0) is 13.5. The Balaban J connectivity index is 1.55. The molecular weight excluding hydrogens is 252 g/mol. The Morgan fingerprint density at radius 3 is 3.05 bits per heavy atom. The first kappa shape index (κ1) is 11.6. The van der Waals surface area contributed by atoms with E-state index in [1.165, 1.54) is 11.3 Å². The maximum atomic E-state index is 12.2. The quantitative estimate of drug-likeness (QED) is 0.905. The molecule has 2 aromatic rings. The van der Waals surface area contributed by atoms with Crippen LogP contribution in [0, 0.1) is 0 Å². The van der Waals surface area contributed by atoms with E-state index in [-0.39, 0.29) is 5.91 Å². The molecule has 0 radical (unpaired) electrons. The van der Waals surface area contributed by atoms with Gasteiger partial charge in [-0.05, 0) is 43.7 Å². The summed E-state index contributed by atoms with van der Waals surface area (Å²) in [6.45, 7) is 0.947. The van der Waals surface area contributed by atoms with Crippen LogP contribution in [0.1, 0.15) is 40.3 Å². The number of carbonyl (C=O) groups excluding carboxylic acids is 1. The van der Waals surface area contributed by atoms with Gasteiger partial charge in [-0.3, -0.25) is 9.48 Å². The second-order valence-corrected chi connectivity index (χ2v) is 5.46. The first-order valence-electron chi connectivity index (χ1n) is 7.16. The SMILES string of the molecule is O=C(Nc1cc2n(n1)CCC2)c1ccc2c(n1)CCC2. The van der Waals surface area contributed by atoms with E-state index in [4.69, 9.17) is 0 Å². The van der Waals surface area contributed by atoms with Gasteiger partial charge in [0.05, 0.1) is 0 Å². The van der Waals surface area contributed by atoms with Crippen LogP contribution in [0.3, 0.4) is 0 Å². The third-order valence-electron chi connectivity index (χ3n) is 4.07. The zero-order valence-electron chi connectivity index (χ0n) is 11.2. The lowest BCUT2D eigenvalue weighted by Gasteiger charge is -2.04. The molecule has 0 fully saturated rings. The molecule has 0 spiro atoms. The molecular formula is C15H16N4O. The molecule has 0 saturated heterocycles. The third kappa shape index (κ3) is 1.90. The first-order valence-corrected chi connectivity index (χ1v) is 7.16. The molecule has 5 nitrogen and oxygen atoms in total. The largest absolute Gasteiger partial charge is 0.304 e. The number of amides is 1. The average molecular weight is 268 g/mol. The molecule has 2 aromatic heterocycles.